The van der Waals surface area contributed by atoms with Crippen LogP contribution in [0.1, 0.15) is 30.1 Å². The number of carbonyl (C=O) groups is 2. The Morgan fingerprint density at radius 2 is 2.17 bits per heavy atom. The van der Waals surface area contributed by atoms with Crippen LogP contribution in [0.2, 0.25) is 0 Å². The summed E-state index contributed by atoms with van der Waals surface area (Å²) in [5.74, 6) is -1.48. The number of anilines is 1. The van der Waals surface area contributed by atoms with E-state index >= 15 is 0 Å². The first-order chi connectivity index (χ1) is 8.47. The van der Waals surface area contributed by atoms with Crippen molar-refractivity contribution in [3.05, 3.63) is 28.2 Å². The van der Waals surface area contributed by atoms with Crippen LogP contribution in [0, 0.1) is 0 Å². The normalized spacial score (nSPS) is 11.9. The van der Waals surface area contributed by atoms with Crippen LogP contribution < -0.4 is 11.1 Å². The van der Waals surface area contributed by atoms with E-state index in [2.05, 4.69) is 21.2 Å². The second kappa shape index (κ2) is 6.51. The summed E-state index contributed by atoms with van der Waals surface area (Å²) >= 11 is 3.21. The fourth-order valence-corrected chi connectivity index (χ4v) is 1.95. The van der Waals surface area contributed by atoms with Crippen LogP contribution in [-0.4, -0.2) is 23.0 Å². The highest BCUT2D eigenvalue weighted by Crippen LogP contribution is 2.26. The third kappa shape index (κ3) is 3.54. The molecule has 6 heteroatoms. The first kappa shape index (κ1) is 14.7. The Balaban J connectivity index is 2.96. The maximum absolute atomic E-state index is 11.8. The van der Waals surface area contributed by atoms with Gasteiger partial charge in [-0.1, -0.05) is 19.4 Å². The van der Waals surface area contributed by atoms with Gasteiger partial charge in [-0.05, 0) is 34.5 Å². The summed E-state index contributed by atoms with van der Waals surface area (Å²) in [5, 5.41) is 11.6. The zero-order chi connectivity index (χ0) is 13.7. The molecular formula is C12H15BrN2O3. The number of nitrogens with one attached hydrogen (secondary N) is 1. The summed E-state index contributed by atoms with van der Waals surface area (Å²) in [6.07, 6.45) is 1.34. The van der Waals surface area contributed by atoms with Crippen molar-refractivity contribution in [2.75, 3.05) is 5.32 Å². The lowest BCUT2D eigenvalue weighted by Gasteiger charge is -2.14. The second-order valence-electron chi connectivity index (χ2n) is 3.85. The average molecular weight is 315 g/mol. The number of hydrogen-bond acceptors (Lipinski definition) is 3. The van der Waals surface area contributed by atoms with Crippen LogP contribution >= 0.6 is 15.9 Å². The van der Waals surface area contributed by atoms with Gasteiger partial charge in [0.1, 0.15) is 0 Å². The quantitative estimate of drug-likeness (QED) is 0.777. The number of aromatic carboxylic acids is 1. The molecule has 1 aromatic carbocycles. The molecule has 0 aliphatic rings. The van der Waals surface area contributed by atoms with E-state index in [1.165, 1.54) is 6.07 Å². The Hall–Kier alpha value is -1.40. The van der Waals surface area contributed by atoms with Gasteiger partial charge in [-0.25, -0.2) is 4.79 Å². The fourth-order valence-electron chi connectivity index (χ4n) is 1.49. The SMILES string of the molecule is CCC[C@H](N)C(=O)Nc1c(Br)cccc1C(=O)O. The van der Waals surface area contributed by atoms with E-state index in [4.69, 9.17) is 10.8 Å². The van der Waals surface area contributed by atoms with Crippen LogP contribution in [-0.2, 0) is 4.79 Å². The number of carbonyl (C=O) groups excluding carboxylic acids is 1. The van der Waals surface area contributed by atoms with Crippen molar-refractivity contribution >= 4 is 33.5 Å². The number of hydrogen-bond donors (Lipinski definition) is 3. The molecule has 0 aromatic heterocycles. The molecule has 1 atom stereocenters. The molecule has 0 aliphatic carbocycles. The number of amides is 1. The molecule has 0 spiro atoms. The maximum Gasteiger partial charge on any atom is 0.337 e. The van der Waals surface area contributed by atoms with Gasteiger partial charge in [-0.15, -0.1) is 0 Å². The Labute approximate surface area is 113 Å². The molecular weight excluding hydrogens is 300 g/mol. The number of halogens is 1. The van der Waals surface area contributed by atoms with Crippen LogP contribution in [0.25, 0.3) is 0 Å². The molecule has 18 heavy (non-hydrogen) atoms. The van der Waals surface area contributed by atoms with Crippen LogP contribution in [0.15, 0.2) is 22.7 Å². The van der Waals surface area contributed by atoms with Crippen molar-refractivity contribution in [3.8, 4) is 0 Å². The molecule has 0 fully saturated rings. The number of rotatable bonds is 5. The monoisotopic (exact) mass is 314 g/mol. The number of para-hydroxylation sites is 1. The summed E-state index contributed by atoms with van der Waals surface area (Å²) in [6, 6.07) is 4.04. The highest BCUT2D eigenvalue weighted by atomic mass is 79.9. The molecule has 0 bridgehead atoms. The molecule has 4 N–H and O–H groups in total. The Kier molecular flexibility index (Phi) is 5.30. The molecule has 0 aliphatic heterocycles. The van der Waals surface area contributed by atoms with Crippen molar-refractivity contribution in [2.24, 2.45) is 5.73 Å². The molecule has 1 rings (SSSR count). The summed E-state index contributed by atoms with van der Waals surface area (Å²) < 4.78 is 0.513. The van der Waals surface area contributed by atoms with Gasteiger partial charge in [0, 0.05) is 4.47 Å². The molecule has 0 saturated heterocycles. The molecule has 0 radical (unpaired) electrons. The molecule has 1 amide bonds. The first-order valence-corrected chi connectivity index (χ1v) is 6.35. The third-order valence-corrected chi connectivity index (χ3v) is 3.09. The largest absolute Gasteiger partial charge is 0.478 e. The van der Waals surface area contributed by atoms with Crippen molar-refractivity contribution in [3.63, 3.8) is 0 Å². The Morgan fingerprint density at radius 3 is 2.72 bits per heavy atom. The van der Waals surface area contributed by atoms with Crippen LogP contribution in [0.4, 0.5) is 5.69 Å². The highest BCUT2D eigenvalue weighted by Gasteiger charge is 2.18. The maximum atomic E-state index is 11.8. The van der Waals surface area contributed by atoms with Gasteiger partial charge in [-0.2, -0.15) is 0 Å². The molecule has 98 valence electrons. The lowest BCUT2D eigenvalue weighted by atomic mass is 10.1. The zero-order valence-electron chi connectivity index (χ0n) is 9.94. The van der Waals surface area contributed by atoms with Gasteiger partial charge >= 0.3 is 5.97 Å². The van der Waals surface area contributed by atoms with Gasteiger partial charge in [0.2, 0.25) is 5.91 Å². The Morgan fingerprint density at radius 1 is 1.50 bits per heavy atom. The van der Waals surface area contributed by atoms with Gasteiger partial charge in [0.05, 0.1) is 17.3 Å². The minimum Gasteiger partial charge on any atom is -0.478 e. The van der Waals surface area contributed by atoms with E-state index in [9.17, 15) is 9.59 Å². The average Bonchev–Trinajstić information content (AvgIpc) is 2.31. The van der Waals surface area contributed by atoms with Crippen LogP contribution in [0.5, 0.6) is 0 Å². The van der Waals surface area contributed by atoms with Gasteiger partial charge in [-0.3, -0.25) is 4.79 Å². The topological polar surface area (TPSA) is 92.4 Å². The molecule has 5 nitrogen and oxygen atoms in total. The number of carboxylic acids is 1. The van der Waals surface area contributed by atoms with Gasteiger partial charge in [0.15, 0.2) is 0 Å². The van der Waals surface area contributed by atoms with Crippen molar-refractivity contribution < 1.29 is 14.7 Å². The van der Waals surface area contributed by atoms with Gasteiger partial charge in [0.25, 0.3) is 0 Å². The summed E-state index contributed by atoms with van der Waals surface area (Å²) in [5.41, 5.74) is 5.94. The molecule has 0 heterocycles. The fraction of sp³-hybridized carbons (Fsp3) is 0.333. The summed E-state index contributed by atoms with van der Waals surface area (Å²) in [6.45, 7) is 1.92. The highest BCUT2D eigenvalue weighted by molar-refractivity contribution is 9.10. The predicted molar refractivity (Wildman–Crippen MR) is 72.6 cm³/mol. The van der Waals surface area contributed by atoms with Crippen LogP contribution in [0.3, 0.4) is 0 Å². The second-order valence-corrected chi connectivity index (χ2v) is 4.71. The Bertz CT molecular complexity index is 463. The van der Waals surface area contributed by atoms with E-state index in [1.807, 2.05) is 6.92 Å². The molecule has 1 aromatic rings. The van der Waals surface area contributed by atoms with Crippen molar-refractivity contribution in [1.29, 1.82) is 0 Å². The van der Waals surface area contributed by atoms with E-state index in [1.54, 1.807) is 12.1 Å². The van der Waals surface area contributed by atoms with Crippen molar-refractivity contribution in [1.82, 2.24) is 0 Å². The van der Waals surface area contributed by atoms with E-state index < -0.39 is 12.0 Å². The van der Waals surface area contributed by atoms with E-state index in [-0.39, 0.29) is 17.2 Å². The predicted octanol–water partition coefficient (Wildman–Crippen LogP) is 2.21. The summed E-state index contributed by atoms with van der Waals surface area (Å²) in [4.78, 5) is 22.8. The lowest BCUT2D eigenvalue weighted by molar-refractivity contribution is -0.117. The number of carboxylic acid groups (broad SMARTS) is 1. The number of nitrogens with two attached hydrogens (primary N) is 1. The number of benzene rings is 1. The smallest absolute Gasteiger partial charge is 0.337 e. The van der Waals surface area contributed by atoms with E-state index in [0.717, 1.165) is 6.42 Å². The summed E-state index contributed by atoms with van der Waals surface area (Å²) in [7, 11) is 0. The molecule has 0 unspecified atom stereocenters. The lowest BCUT2D eigenvalue weighted by Crippen LogP contribution is -2.35. The minimum atomic E-state index is -1.10. The first-order valence-electron chi connectivity index (χ1n) is 5.55. The van der Waals surface area contributed by atoms with E-state index in [0.29, 0.717) is 10.9 Å². The molecule has 0 saturated carbocycles. The zero-order valence-corrected chi connectivity index (χ0v) is 11.5. The van der Waals surface area contributed by atoms with Gasteiger partial charge < -0.3 is 16.2 Å². The minimum absolute atomic E-state index is 0.0291. The van der Waals surface area contributed by atoms with Crippen molar-refractivity contribution in [2.45, 2.75) is 25.8 Å². The standard InChI is InChI=1S/C12H15BrN2O3/c1-2-4-9(14)11(16)15-10-7(12(17)18)5-3-6-8(10)13/h3,5-6,9H,2,4,14H2,1H3,(H,15,16)(H,17,18)/t9-/m0/s1. The third-order valence-electron chi connectivity index (χ3n) is 2.43.